The third-order valence-electron chi connectivity index (χ3n) is 8.65. The molecule has 0 aromatic carbocycles. The highest BCUT2D eigenvalue weighted by atomic mass is 16.7. The summed E-state index contributed by atoms with van der Waals surface area (Å²) in [5.41, 5.74) is 0.198. The molecule has 2 aromatic heterocycles. The molecule has 2 aromatic rings. The number of fused-ring (bicyclic) bond motifs is 2. The van der Waals surface area contributed by atoms with Gasteiger partial charge < -0.3 is 43.5 Å². The van der Waals surface area contributed by atoms with E-state index in [-0.39, 0.29) is 42.9 Å². The fourth-order valence-corrected chi connectivity index (χ4v) is 6.23. The molecule has 0 saturated carbocycles. The van der Waals surface area contributed by atoms with Crippen LogP contribution in [0, 0.1) is 11.8 Å². The van der Waals surface area contributed by atoms with Gasteiger partial charge in [-0.2, -0.15) is 0 Å². The molecule has 1 saturated heterocycles. The largest absolute Gasteiger partial charge is 0.467 e. The van der Waals surface area contributed by atoms with Gasteiger partial charge in [0.25, 0.3) is 11.8 Å². The lowest BCUT2D eigenvalue weighted by atomic mass is 9.94. The minimum absolute atomic E-state index is 0.0703. The zero-order chi connectivity index (χ0) is 40.6. The number of amides is 3. The fourth-order valence-electron chi connectivity index (χ4n) is 6.23. The number of ether oxygens (including phenoxy) is 6. The predicted octanol–water partition coefficient (Wildman–Crippen LogP) is 1.49. The van der Waals surface area contributed by atoms with E-state index in [1.165, 1.54) is 29.3 Å². The van der Waals surface area contributed by atoms with Gasteiger partial charge in [-0.3, -0.25) is 33.7 Å². The van der Waals surface area contributed by atoms with Crippen molar-refractivity contribution in [1.82, 2.24) is 30.5 Å². The van der Waals surface area contributed by atoms with Crippen molar-refractivity contribution in [2.45, 2.75) is 117 Å². The van der Waals surface area contributed by atoms with Crippen molar-refractivity contribution in [2.75, 3.05) is 13.2 Å². The first-order valence-corrected chi connectivity index (χ1v) is 17.7. The van der Waals surface area contributed by atoms with Gasteiger partial charge in [-0.05, 0) is 30.4 Å². The topological polar surface area (TPSA) is 246 Å². The fraction of sp³-hybridized carbons (Fsp3) is 0.629. The van der Waals surface area contributed by atoms with Gasteiger partial charge in [0, 0.05) is 34.2 Å². The van der Waals surface area contributed by atoms with Crippen molar-refractivity contribution >= 4 is 41.8 Å². The summed E-state index contributed by atoms with van der Waals surface area (Å²) in [6.45, 7) is 10.6. The first-order valence-electron chi connectivity index (χ1n) is 17.7. The molecule has 2 aliphatic heterocycles. The maximum absolute atomic E-state index is 15.4. The molecular weight excluding hydrogens is 728 g/mol. The van der Waals surface area contributed by atoms with Gasteiger partial charge in [0.2, 0.25) is 0 Å². The summed E-state index contributed by atoms with van der Waals surface area (Å²) >= 11 is 0. The number of rotatable bonds is 10. The molecule has 20 nitrogen and oxygen atoms in total. The lowest BCUT2D eigenvalue weighted by molar-refractivity contribution is -0.280. The highest BCUT2D eigenvalue weighted by molar-refractivity contribution is 5.90. The molecule has 8 atom stereocenters. The Bertz CT molecular complexity index is 1690. The first kappa shape index (κ1) is 42.2. The standard InChI is InChI=1S/C35H48N6O14/c1-17(2)12-25-33(47)41(34-31(54-22(8)45)30(53-21(7)44)29(52-20(6)43)27(55-34)16-50-19(5)42)28(26-10-9-11-49-26)32(46)36-13-24(18(3)4)37-35(48)51-15-23-14-40(25)39-38-23/h9-11,14,17-18,24-25,27-31,34H,12-13,15-16H2,1-8H3,(H,36,46)(H,37,48)/t24-,25+,27-,28?,29-,30+,31-,34-/m1/s1. The van der Waals surface area contributed by atoms with E-state index in [2.05, 4.69) is 20.9 Å². The van der Waals surface area contributed by atoms with Crippen LogP contribution in [-0.2, 0) is 63.8 Å². The highest BCUT2D eigenvalue weighted by Gasteiger charge is 2.57. The van der Waals surface area contributed by atoms with Gasteiger partial charge in [-0.1, -0.05) is 32.9 Å². The normalized spacial score (nSPS) is 26.5. The molecule has 4 rings (SSSR count). The lowest BCUT2D eigenvalue weighted by Crippen LogP contribution is -2.68. The Morgan fingerprint density at radius 1 is 0.927 bits per heavy atom. The molecule has 0 spiro atoms. The molecule has 0 aliphatic carbocycles. The number of nitrogens with one attached hydrogen (secondary N) is 2. The number of nitrogens with zero attached hydrogens (tertiary/aromatic N) is 4. The van der Waals surface area contributed by atoms with Crippen molar-refractivity contribution in [3.05, 3.63) is 36.0 Å². The van der Waals surface area contributed by atoms with E-state index in [4.69, 9.17) is 32.8 Å². The second kappa shape index (κ2) is 18.7. The second-order valence-electron chi connectivity index (χ2n) is 13.9. The summed E-state index contributed by atoms with van der Waals surface area (Å²) in [5, 5.41) is 13.8. The molecule has 3 amide bonds. The molecule has 20 heteroatoms. The number of furan rings is 1. The molecule has 55 heavy (non-hydrogen) atoms. The van der Waals surface area contributed by atoms with Crippen molar-refractivity contribution in [1.29, 1.82) is 0 Å². The number of hydrogen-bond acceptors (Lipinski definition) is 16. The van der Waals surface area contributed by atoms with Crippen LogP contribution in [0.5, 0.6) is 0 Å². The van der Waals surface area contributed by atoms with Crippen molar-refractivity contribution in [3.8, 4) is 0 Å². The molecule has 4 heterocycles. The second-order valence-corrected chi connectivity index (χ2v) is 13.9. The monoisotopic (exact) mass is 776 g/mol. The van der Waals surface area contributed by atoms with Crippen LogP contribution in [0.25, 0.3) is 0 Å². The summed E-state index contributed by atoms with van der Waals surface area (Å²) in [5.74, 6) is -5.54. The van der Waals surface area contributed by atoms with Gasteiger partial charge in [0.05, 0.1) is 18.5 Å². The van der Waals surface area contributed by atoms with Crippen LogP contribution in [-0.4, -0.2) is 112 Å². The van der Waals surface area contributed by atoms with Gasteiger partial charge in [0.1, 0.15) is 36.8 Å². The number of aromatic nitrogens is 3. The van der Waals surface area contributed by atoms with E-state index >= 15 is 4.79 Å². The van der Waals surface area contributed by atoms with Crippen LogP contribution in [0.15, 0.2) is 29.0 Å². The Labute approximate surface area is 316 Å². The highest BCUT2D eigenvalue weighted by Crippen LogP contribution is 2.38. The number of cyclic esters (lactones) is 1. The Morgan fingerprint density at radius 2 is 1.58 bits per heavy atom. The average molecular weight is 777 g/mol. The van der Waals surface area contributed by atoms with Crippen molar-refractivity contribution < 1.29 is 66.4 Å². The van der Waals surface area contributed by atoms with Crippen molar-refractivity contribution in [2.24, 2.45) is 11.8 Å². The van der Waals surface area contributed by atoms with Gasteiger partial charge >= 0.3 is 30.0 Å². The van der Waals surface area contributed by atoms with Crippen LogP contribution in [0.1, 0.15) is 85.3 Å². The summed E-state index contributed by atoms with van der Waals surface area (Å²) in [4.78, 5) is 93.8. The van der Waals surface area contributed by atoms with Crippen LogP contribution < -0.4 is 10.6 Å². The van der Waals surface area contributed by atoms with Gasteiger partial charge in [-0.25, -0.2) is 9.48 Å². The molecule has 0 radical (unpaired) electrons. The molecule has 1 unspecified atom stereocenters. The predicted molar refractivity (Wildman–Crippen MR) is 184 cm³/mol. The van der Waals surface area contributed by atoms with Crippen molar-refractivity contribution in [3.63, 3.8) is 0 Å². The number of alkyl carbamates (subject to hydrolysis) is 1. The molecular formula is C35H48N6O14. The van der Waals surface area contributed by atoms with Gasteiger partial charge in [-0.15, -0.1) is 5.10 Å². The summed E-state index contributed by atoms with van der Waals surface area (Å²) in [7, 11) is 0. The van der Waals surface area contributed by atoms with E-state index in [1.807, 2.05) is 27.7 Å². The van der Waals surface area contributed by atoms with E-state index in [9.17, 15) is 28.8 Å². The van der Waals surface area contributed by atoms with E-state index < -0.39 is 97.2 Å². The molecule has 2 bridgehead atoms. The third kappa shape index (κ3) is 11.0. The Balaban J connectivity index is 2.02. The van der Waals surface area contributed by atoms with Crippen LogP contribution >= 0.6 is 0 Å². The van der Waals surface area contributed by atoms with E-state index in [1.54, 1.807) is 0 Å². The number of esters is 4. The Hall–Kier alpha value is -5.53. The zero-order valence-corrected chi connectivity index (χ0v) is 31.9. The van der Waals surface area contributed by atoms with Gasteiger partial charge in [0.15, 0.2) is 30.6 Å². The summed E-state index contributed by atoms with van der Waals surface area (Å²) in [6, 6.07) is -0.688. The maximum Gasteiger partial charge on any atom is 0.407 e. The van der Waals surface area contributed by atoms with E-state index in [0.717, 1.165) is 32.6 Å². The number of hydrogen-bond donors (Lipinski definition) is 2. The molecule has 2 N–H and O–H groups in total. The Morgan fingerprint density at radius 3 is 2.16 bits per heavy atom. The first-order chi connectivity index (χ1) is 26.0. The van der Waals surface area contributed by atoms with E-state index in [0.29, 0.717) is 0 Å². The minimum Gasteiger partial charge on any atom is -0.467 e. The van der Waals surface area contributed by atoms with Crippen LogP contribution in [0.3, 0.4) is 0 Å². The summed E-state index contributed by atoms with van der Waals surface area (Å²) < 4.78 is 41.0. The molecule has 1 fully saturated rings. The van der Waals surface area contributed by atoms with Crippen LogP contribution in [0.4, 0.5) is 4.79 Å². The third-order valence-corrected chi connectivity index (χ3v) is 8.65. The molecule has 2 aliphatic rings. The maximum atomic E-state index is 15.4. The lowest BCUT2D eigenvalue weighted by Gasteiger charge is -2.49. The SMILES string of the molecule is CC(=O)OC[C@H]1O[C@@H](N2C(=O)[C@H](CC(C)C)n3cc(nn3)COC(=O)N[C@@H](C(C)C)CNC(=O)C2c2ccco2)[C@H](OC(C)=O)[C@@H](OC(C)=O)[C@@H]1OC(C)=O. The number of carbonyl (C=O) groups is 7. The minimum atomic E-state index is -1.83. The quantitative estimate of drug-likeness (QED) is 0.256. The summed E-state index contributed by atoms with van der Waals surface area (Å²) in [6.07, 6.45) is -6.27. The van der Waals surface area contributed by atoms with Crippen LogP contribution in [0.2, 0.25) is 0 Å². The number of carbonyl (C=O) groups excluding carboxylic acids is 7. The Kier molecular flexibility index (Phi) is 14.3. The average Bonchev–Trinajstić information content (AvgIpc) is 3.79. The molecule has 302 valence electrons. The smallest absolute Gasteiger partial charge is 0.407 e. The zero-order valence-electron chi connectivity index (χ0n) is 31.9.